The fourth-order valence-electron chi connectivity index (χ4n) is 1.83. The first-order valence-corrected chi connectivity index (χ1v) is 8.97. The number of rotatable bonds is 8. The molecule has 0 fully saturated rings. The van der Waals surface area contributed by atoms with Gasteiger partial charge in [-0.15, -0.1) is 0 Å². The zero-order valence-corrected chi connectivity index (χ0v) is 15.0. The Labute approximate surface area is 146 Å². The molecule has 0 radical (unpaired) electrons. The first-order chi connectivity index (χ1) is 11.4. The van der Waals surface area contributed by atoms with Crippen molar-refractivity contribution in [2.24, 2.45) is 0 Å². The molecule has 6 nitrogen and oxygen atoms in total. The molecule has 0 aromatic heterocycles. The largest absolute Gasteiger partial charge is 0.445 e. The van der Waals surface area contributed by atoms with Crippen LogP contribution in [0.3, 0.4) is 0 Å². The van der Waals surface area contributed by atoms with E-state index in [0.29, 0.717) is 12.2 Å². The van der Waals surface area contributed by atoms with Gasteiger partial charge in [0.05, 0.1) is 6.07 Å². The summed E-state index contributed by atoms with van der Waals surface area (Å²) in [6, 6.07) is 10.5. The molecule has 1 rings (SSSR count). The summed E-state index contributed by atoms with van der Waals surface area (Å²) in [5, 5.41) is 14.2. The predicted molar refractivity (Wildman–Crippen MR) is 94.4 cm³/mol. The van der Waals surface area contributed by atoms with Crippen molar-refractivity contribution < 1.29 is 14.3 Å². The number of alkyl carbamates (subject to hydrolysis) is 1. The van der Waals surface area contributed by atoms with Crippen molar-refractivity contribution >= 4 is 23.8 Å². The summed E-state index contributed by atoms with van der Waals surface area (Å²) in [6.07, 6.45) is 1.71. The number of thioether (sulfide) groups is 1. The number of ether oxygens (including phenoxy) is 1. The van der Waals surface area contributed by atoms with Crippen LogP contribution < -0.4 is 10.6 Å². The Kier molecular flexibility index (Phi) is 8.13. The lowest BCUT2D eigenvalue weighted by atomic mass is 10.1. The summed E-state index contributed by atoms with van der Waals surface area (Å²) in [7, 11) is 0. The second-order valence-corrected chi connectivity index (χ2v) is 6.75. The summed E-state index contributed by atoms with van der Waals surface area (Å²) in [5.41, 5.74) is -0.131. The normalized spacial score (nSPS) is 11.9. The molecule has 0 aliphatic rings. The van der Waals surface area contributed by atoms with E-state index < -0.39 is 23.6 Å². The number of hydrogen-bond donors (Lipinski definition) is 2. The molecule has 0 saturated carbocycles. The van der Waals surface area contributed by atoms with Crippen LogP contribution in [0.1, 0.15) is 25.8 Å². The molecule has 2 amide bonds. The molecule has 0 unspecified atom stereocenters. The molecule has 1 aromatic carbocycles. The van der Waals surface area contributed by atoms with E-state index in [4.69, 9.17) is 10.00 Å². The van der Waals surface area contributed by atoms with E-state index in [9.17, 15) is 9.59 Å². The number of benzene rings is 1. The number of amides is 2. The van der Waals surface area contributed by atoms with Crippen molar-refractivity contribution in [2.75, 3.05) is 12.0 Å². The maximum Gasteiger partial charge on any atom is 0.408 e. The smallest absolute Gasteiger partial charge is 0.408 e. The molecular formula is C17H23N3O3S. The van der Waals surface area contributed by atoms with E-state index in [1.165, 1.54) is 0 Å². The summed E-state index contributed by atoms with van der Waals surface area (Å²) >= 11 is 1.57. The second kappa shape index (κ2) is 9.83. The van der Waals surface area contributed by atoms with Crippen LogP contribution in [-0.2, 0) is 16.1 Å². The van der Waals surface area contributed by atoms with Gasteiger partial charge in [0.15, 0.2) is 0 Å². The first-order valence-electron chi connectivity index (χ1n) is 7.57. The number of carbonyl (C=O) groups is 2. The highest BCUT2D eigenvalue weighted by Gasteiger charge is 2.27. The van der Waals surface area contributed by atoms with Crippen molar-refractivity contribution in [3.05, 3.63) is 35.9 Å². The minimum absolute atomic E-state index is 0.132. The van der Waals surface area contributed by atoms with Gasteiger partial charge in [-0.3, -0.25) is 4.79 Å². The molecular weight excluding hydrogens is 326 g/mol. The van der Waals surface area contributed by atoms with Gasteiger partial charge >= 0.3 is 6.09 Å². The van der Waals surface area contributed by atoms with E-state index in [1.807, 2.05) is 42.7 Å². The van der Waals surface area contributed by atoms with Crippen LogP contribution in [0.5, 0.6) is 0 Å². The monoisotopic (exact) mass is 349 g/mol. The number of nitrogens with one attached hydrogen (secondary N) is 2. The fourth-order valence-corrected chi connectivity index (χ4v) is 2.31. The van der Waals surface area contributed by atoms with Crippen LogP contribution >= 0.6 is 11.8 Å². The van der Waals surface area contributed by atoms with E-state index in [2.05, 4.69) is 10.6 Å². The first kappa shape index (κ1) is 19.8. The highest BCUT2D eigenvalue weighted by atomic mass is 32.2. The molecule has 1 aromatic rings. The van der Waals surface area contributed by atoms with Crippen LogP contribution in [0.4, 0.5) is 4.79 Å². The van der Waals surface area contributed by atoms with Gasteiger partial charge in [0, 0.05) is 0 Å². The summed E-state index contributed by atoms with van der Waals surface area (Å²) in [4.78, 5) is 24.2. The topological polar surface area (TPSA) is 91.2 Å². The quantitative estimate of drug-likeness (QED) is 0.752. The lowest BCUT2D eigenvalue weighted by Crippen LogP contribution is -2.53. The number of nitrogens with zero attached hydrogens (tertiary/aromatic N) is 1. The van der Waals surface area contributed by atoms with Gasteiger partial charge in [0.1, 0.15) is 18.2 Å². The Hall–Kier alpha value is -2.20. The van der Waals surface area contributed by atoms with Gasteiger partial charge < -0.3 is 15.4 Å². The third-order valence-corrected chi connectivity index (χ3v) is 3.79. The second-order valence-electron chi connectivity index (χ2n) is 5.77. The third-order valence-electron chi connectivity index (χ3n) is 3.15. The Bertz CT molecular complexity index is 584. The van der Waals surface area contributed by atoms with Crippen LogP contribution in [0.2, 0.25) is 0 Å². The number of nitriles is 1. The summed E-state index contributed by atoms with van der Waals surface area (Å²) in [5.74, 6) is 0.302. The highest BCUT2D eigenvalue weighted by molar-refractivity contribution is 7.98. The maximum atomic E-state index is 12.3. The molecule has 0 aliphatic heterocycles. The minimum atomic E-state index is -0.996. The van der Waals surface area contributed by atoms with E-state index in [0.717, 1.165) is 5.56 Å². The van der Waals surface area contributed by atoms with Crippen molar-refractivity contribution in [2.45, 2.75) is 38.5 Å². The van der Waals surface area contributed by atoms with Gasteiger partial charge in [-0.1, -0.05) is 30.3 Å². The highest BCUT2D eigenvalue weighted by Crippen LogP contribution is 2.06. The Morgan fingerprint density at radius 1 is 1.33 bits per heavy atom. The van der Waals surface area contributed by atoms with Crippen LogP contribution in [0.25, 0.3) is 0 Å². The molecule has 24 heavy (non-hydrogen) atoms. The van der Waals surface area contributed by atoms with Gasteiger partial charge in [0.2, 0.25) is 5.91 Å². The van der Waals surface area contributed by atoms with Crippen LogP contribution in [-0.4, -0.2) is 35.6 Å². The van der Waals surface area contributed by atoms with Crippen molar-refractivity contribution in [3.63, 3.8) is 0 Å². The SMILES string of the molecule is CSCC[C@H](NC(=O)OCc1ccccc1)C(=O)NC(C)(C)C#N. The Morgan fingerprint density at radius 2 is 2.00 bits per heavy atom. The molecule has 7 heteroatoms. The van der Waals surface area contributed by atoms with Gasteiger partial charge in [0.25, 0.3) is 0 Å². The van der Waals surface area contributed by atoms with Crippen molar-refractivity contribution in [1.82, 2.24) is 10.6 Å². The molecule has 0 saturated heterocycles. The Morgan fingerprint density at radius 3 is 2.58 bits per heavy atom. The maximum absolute atomic E-state index is 12.3. The number of hydrogen-bond acceptors (Lipinski definition) is 5. The van der Waals surface area contributed by atoms with Gasteiger partial charge in [-0.2, -0.15) is 17.0 Å². The average molecular weight is 349 g/mol. The van der Waals surface area contributed by atoms with E-state index in [-0.39, 0.29) is 6.61 Å². The van der Waals surface area contributed by atoms with Crippen LogP contribution in [0.15, 0.2) is 30.3 Å². The third kappa shape index (κ3) is 7.38. The minimum Gasteiger partial charge on any atom is -0.445 e. The zero-order valence-electron chi connectivity index (χ0n) is 14.2. The Balaban J connectivity index is 2.59. The molecule has 0 spiro atoms. The summed E-state index contributed by atoms with van der Waals surface area (Å²) in [6.45, 7) is 3.34. The molecule has 130 valence electrons. The number of carbonyl (C=O) groups excluding carboxylic acids is 2. The van der Waals surface area contributed by atoms with Crippen LogP contribution in [0, 0.1) is 11.3 Å². The lowest BCUT2D eigenvalue weighted by molar-refractivity contribution is -0.124. The van der Waals surface area contributed by atoms with Gasteiger partial charge in [-0.25, -0.2) is 4.79 Å². The molecule has 0 aliphatic carbocycles. The van der Waals surface area contributed by atoms with Gasteiger partial charge in [-0.05, 0) is 37.8 Å². The molecule has 0 heterocycles. The van der Waals surface area contributed by atoms with Crippen molar-refractivity contribution in [3.8, 4) is 6.07 Å². The lowest BCUT2D eigenvalue weighted by Gasteiger charge is -2.23. The zero-order chi connectivity index (χ0) is 18.0. The van der Waals surface area contributed by atoms with Crippen molar-refractivity contribution in [1.29, 1.82) is 5.26 Å². The molecule has 2 N–H and O–H groups in total. The average Bonchev–Trinajstić information content (AvgIpc) is 2.57. The van der Waals surface area contributed by atoms with E-state index in [1.54, 1.807) is 25.6 Å². The van der Waals surface area contributed by atoms with E-state index >= 15 is 0 Å². The molecule has 0 bridgehead atoms. The summed E-state index contributed by atoms with van der Waals surface area (Å²) < 4.78 is 5.14. The predicted octanol–water partition coefficient (Wildman–Crippen LogP) is 2.45. The fraction of sp³-hybridized carbons (Fsp3) is 0.471. The standard InChI is InChI=1S/C17H23N3O3S/c1-17(2,12-18)20-15(21)14(9-10-24-3)19-16(22)23-11-13-7-5-4-6-8-13/h4-8,14H,9-11H2,1-3H3,(H,19,22)(H,20,21)/t14-/m0/s1. The molecule has 1 atom stereocenters.